The summed E-state index contributed by atoms with van der Waals surface area (Å²) in [4.78, 5) is 18.0. The van der Waals surface area contributed by atoms with Gasteiger partial charge in [-0.1, -0.05) is 12.1 Å². The van der Waals surface area contributed by atoms with Crippen molar-refractivity contribution in [2.45, 2.75) is 19.6 Å². The van der Waals surface area contributed by atoms with Crippen LogP contribution in [0.1, 0.15) is 25.9 Å². The SMILES string of the molecule is O=C(NCc1nc2c(s1)COCC2)c1ccc(-c2cn[nH]c2)cc1. The van der Waals surface area contributed by atoms with Crippen LogP contribution < -0.4 is 5.32 Å². The molecule has 0 atom stereocenters. The van der Waals surface area contributed by atoms with Crippen LogP contribution in [-0.4, -0.2) is 27.7 Å². The summed E-state index contributed by atoms with van der Waals surface area (Å²) in [5.74, 6) is -0.0989. The van der Waals surface area contributed by atoms with Crippen LogP contribution in [0, 0.1) is 0 Å². The Labute approximate surface area is 142 Å². The molecule has 2 aromatic heterocycles. The van der Waals surface area contributed by atoms with E-state index in [1.165, 1.54) is 4.88 Å². The number of carbonyl (C=O) groups is 1. The Morgan fingerprint density at radius 1 is 1.29 bits per heavy atom. The van der Waals surface area contributed by atoms with Gasteiger partial charge in [0.2, 0.25) is 0 Å². The van der Waals surface area contributed by atoms with E-state index >= 15 is 0 Å². The van der Waals surface area contributed by atoms with Crippen molar-refractivity contribution in [1.82, 2.24) is 20.5 Å². The van der Waals surface area contributed by atoms with E-state index in [1.807, 2.05) is 30.5 Å². The third-order valence-corrected chi connectivity index (χ3v) is 4.99. The molecule has 122 valence electrons. The summed E-state index contributed by atoms with van der Waals surface area (Å²) in [5, 5.41) is 10.6. The highest BCUT2D eigenvalue weighted by molar-refractivity contribution is 7.11. The molecule has 7 heteroatoms. The van der Waals surface area contributed by atoms with Crippen LogP contribution in [0.3, 0.4) is 0 Å². The molecule has 2 N–H and O–H groups in total. The Hall–Kier alpha value is -2.51. The molecule has 3 heterocycles. The zero-order valence-electron chi connectivity index (χ0n) is 12.9. The van der Waals surface area contributed by atoms with E-state index in [0.29, 0.717) is 18.7 Å². The summed E-state index contributed by atoms with van der Waals surface area (Å²) in [6.07, 6.45) is 4.43. The number of carbonyl (C=O) groups excluding carboxylic acids is 1. The number of benzene rings is 1. The number of rotatable bonds is 4. The van der Waals surface area contributed by atoms with Gasteiger partial charge in [0, 0.05) is 23.7 Å². The molecular formula is C17H16N4O2S. The maximum absolute atomic E-state index is 12.3. The van der Waals surface area contributed by atoms with Gasteiger partial charge in [0.25, 0.3) is 5.91 Å². The number of aromatic nitrogens is 3. The first kappa shape index (κ1) is 15.0. The summed E-state index contributed by atoms with van der Waals surface area (Å²) in [5.41, 5.74) is 3.76. The summed E-state index contributed by atoms with van der Waals surface area (Å²) < 4.78 is 5.42. The number of thiazole rings is 1. The lowest BCUT2D eigenvalue weighted by Gasteiger charge is -2.08. The van der Waals surface area contributed by atoms with Crippen molar-refractivity contribution >= 4 is 17.2 Å². The van der Waals surface area contributed by atoms with E-state index in [0.717, 1.165) is 34.9 Å². The lowest BCUT2D eigenvalue weighted by molar-refractivity contribution is 0.0950. The molecule has 6 nitrogen and oxygen atoms in total. The van der Waals surface area contributed by atoms with Gasteiger partial charge in [-0.15, -0.1) is 11.3 Å². The number of nitrogens with zero attached hydrogens (tertiary/aromatic N) is 2. The zero-order chi connectivity index (χ0) is 16.4. The van der Waals surface area contributed by atoms with Crippen molar-refractivity contribution in [3.63, 3.8) is 0 Å². The van der Waals surface area contributed by atoms with Crippen LogP contribution in [0.5, 0.6) is 0 Å². The second-order valence-electron chi connectivity index (χ2n) is 5.53. The lowest BCUT2D eigenvalue weighted by atomic mass is 10.1. The maximum Gasteiger partial charge on any atom is 0.251 e. The molecule has 1 aliphatic heterocycles. The molecule has 0 saturated carbocycles. The number of fused-ring (bicyclic) bond motifs is 1. The summed E-state index contributed by atoms with van der Waals surface area (Å²) in [6.45, 7) is 1.81. The highest BCUT2D eigenvalue weighted by Crippen LogP contribution is 2.23. The molecule has 0 unspecified atom stereocenters. The minimum absolute atomic E-state index is 0.0989. The molecular weight excluding hydrogens is 324 g/mol. The standard InChI is InChI=1S/C17H16N4O2S/c22-17(12-3-1-11(2-4-12)13-7-19-20-8-13)18-9-16-21-14-5-6-23-10-15(14)24-16/h1-4,7-8H,5-6,9-10H2,(H,18,22)(H,19,20). The van der Waals surface area contributed by atoms with Gasteiger partial charge in [-0.05, 0) is 17.7 Å². The first-order valence-electron chi connectivity index (χ1n) is 7.72. The number of H-pyrrole nitrogens is 1. The predicted octanol–water partition coefficient (Wildman–Crippen LogP) is 2.54. The fraction of sp³-hybridized carbons (Fsp3) is 0.235. The number of aromatic amines is 1. The third-order valence-electron chi connectivity index (χ3n) is 3.92. The van der Waals surface area contributed by atoms with E-state index in [2.05, 4.69) is 20.5 Å². The quantitative estimate of drug-likeness (QED) is 0.765. The van der Waals surface area contributed by atoms with Gasteiger partial charge in [-0.25, -0.2) is 4.98 Å². The van der Waals surface area contributed by atoms with Gasteiger partial charge in [-0.3, -0.25) is 9.89 Å². The Balaban J connectivity index is 1.40. The Morgan fingerprint density at radius 3 is 2.92 bits per heavy atom. The predicted molar refractivity (Wildman–Crippen MR) is 90.7 cm³/mol. The number of ether oxygens (including phenoxy) is 1. The number of nitrogens with one attached hydrogen (secondary N) is 2. The fourth-order valence-corrected chi connectivity index (χ4v) is 3.63. The van der Waals surface area contributed by atoms with Gasteiger partial charge in [-0.2, -0.15) is 5.10 Å². The van der Waals surface area contributed by atoms with Crippen LogP contribution in [0.25, 0.3) is 11.1 Å². The average Bonchev–Trinajstić information content (AvgIpc) is 3.29. The zero-order valence-corrected chi connectivity index (χ0v) is 13.7. The summed E-state index contributed by atoms with van der Waals surface area (Å²) >= 11 is 1.61. The minimum atomic E-state index is -0.0989. The molecule has 1 aliphatic rings. The largest absolute Gasteiger partial charge is 0.375 e. The minimum Gasteiger partial charge on any atom is -0.375 e. The van der Waals surface area contributed by atoms with Crippen molar-refractivity contribution < 1.29 is 9.53 Å². The molecule has 0 saturated heterocycles. The molecule has 0 fully saturated rings. The van der Waals surface area contributed by atoms with Gasteiger partial charge < -0.3 is 10.1 Å². The maximum atomic E-state index is 12.3. The molecule has 0 spiro atoms. The first-order valence-corrected chi connectivity index (χ1v) is 8.54. The fourth-order valence-electron chi connectivity index (χ4n) is 2.63. The number of hydrogen-bond donors (Lipinski definition) is 2. The summed E-state index contributed by atoms with van der Waals surface area (Å²) in [6, 6.07) is 7.47. The highest BCUT2D eigenvalue weighted by atomic mass is 32.1. The Bertz CT molecular complexity index is 817. The molecule has 3 aromatic rings. The number of hydrogen-bond acceptors (Lipinski definition) is 5. The van der Waals surface area contributed by atoms with Crippen LogP contribution in [0.15, 0.2) is 36.7 Å². The monoisotopic (exact) mass is 340 g/mol. The second kappa shape index (κ2) is 6.54. The number of amides is 1. The Morgan fingerprint density at radius 2 is 2.17 bits per heavy atom. The molecule has 0 bridgehead atoms. The highest BCUT2D eigenvalue weighted by Gasteiger charge is 2.16. The van der Waals surface area contributed by atoms with Gasteiger partial charge in [0.1, 0.15) is 5.01 Å². The normalized spacial score (nSPS) is 13.5. The van der Waals surface area contributed by atoms with E-state index in [1.54, 1.807) is 17.5 Å². The van der Waals surface area contributed by atoms with Crippen LogP contribution in [0.4, 0.5) is 0 Å². The third kappa shape index (κ3) is 3.08. The van der Waals surface area contributed by atoms with Gasteiger partial charge in [0.15, 0.2) is 0 Å². The Kier molecular flexibility index (Phi) is 4.10. The lowest BCUT2D eigenvalue weighted by Crippen LogP contribution is -2.22. The van der Waals surface area contributed by atoms with Gasteiger partial charge >= 0.3 is 0 Å². The molecule has 0 radical (unpaired) electrons. The average molecular weight is 340 g/mol. The van der Waals surface area contributed by atoms with E-state index in [-0.39, 0.29) is 5.91 Å². The van der Waals surface area contributed by atoms with Crippen molar-refractivity contribution in [3.8, 4) is 11.1 Å². The molecule has 1 aromatic carbocycles. The second-order valence-corrected chi connectivity index (χ2v) is 6.70. The first-order chi connectivity index (χ1) is 11.8. The van der Waals surface area contributed by atoms with Gasteiger partial charge in [0.05, 0.1) is 36.5 Å². The smallest absolute Gasteiger partial charge is 0.251 e. The molecule has 24 heavy (non-hydrogen) atoms. The van der Waals surface area contributed by atoms with Crippen molar-refractivity contribution in [1.29, 1.82) is 0 Å². The van der Waals surface area contributed by atoms with Crippen molar-refractivity contribution in [3.05, 3.63) is 57.8 Å². The van der Waals surface area contributed by atoms with Crippen LogP contribution in [0.2, 0.25) is 0 Å². The van der Waals surface area contributed by atoms with E-state index < -0.39 is 0 Å². The molecule has 1 amide bonds. The van der Waals surface area contributed by atoms with E-state index in [9.17, 15) is 4.79 Å². The summed E-state index contributed by atoms with van der Waals surface area (Å²) in [7, 11) is 0. The topological polar surface area (TPSA) is 79.9 Å². The van der Waals surface area contributed by atoms with E-state index in [4.69, 9.17) is 4.74 Å². The van der Waals surface area contributed by atoms with Crippen LogP contribution >= 0.6 is 11.3 Å². The van der Waals surface area contributed by atoms with Crippen molar-refractivity contribution in [2.75, 3.05) is 6.61 Å². The van der Waals surface area contributed by atoms with Crippen molar-refractivity contribution in [2.24, 2.45) is 0 Å². The van der Waals surface area contributed by atoms with Crippen LogP contribution in [-0.2, 0) is 24.3 Å². The molecule has 4 rings (SSSR count). The molecule has 0 aliphatic carbocycles.